The van der Waals surface area contributed by atoms with Gasteiger partial charge in [0.2, 0.25) is 0 Å². The molecular formula is C13H20ClO6PS. The van der Waals surface area contributed by atoms with E-state index in [4.69, 9.17) is 24.8 Å². The highest BCUT2D eigenvalue weighted by molar-refractivity contribution is 7.87. The number of hydrogen-bond acceptors (Lipinski definition) is 6. The van der Waals surface area contributed by atoms with Crippen molar-refractivity contribution in [2.45, 2.75) is 44.8 Å². The van der Waals surface area contributed by atoms with Crippen molar-refractivity contribution in [1.29, 1.82) is 0 Å². The maximum Gasteiger partial charge on any atom is 0.358 e. The Hall–Kier alpha value is -0.430. The second kappa shape index (κ2) is 7.90. The quantitative estimate of drug-likeness (QED) is 0.507. The lowest BCUT2D eigenvalue weighted by molar-refractivity contribution is 0.129. The smallest absolute Gasteiger partial charge is 0.304 e. The molecule has 9 heteroatoms. The summed E-state index contributed by atoms with van der Waals surface area (Å²) in [6.45, 7) is 6.66. The van der Waals surface area contributed by atoms with E-state index >= 15 is 0 Å². The van der Waals surface area contributed by atoms with Crippen molar-refractivity contribution < 1.29 is 26.2 Å². The molecule has 1 aromatic rings. The highest BCUT2D eigenvalue weighted by Gasteiger charge is 2.32. The molecule has 0 amide bonds. The lowest BCUT2D eigenvalue weighted by atomic mass is 10.4. The molecule has 0 aliphatic heterocycles. The molecule has 0 saturated carbocycles. The van der Waals surface area contributed by atoms with E-state index in [9.17, 15) is 13.0 Å². The van der Waals surface area contributed by atoms with Gasteiger partial charge in [0.05, 0.1) is 17.2 Å². The number of halogens is 1. The second-order valence-corrected chi connectivity index (χ2v) is 8.94. The summed E-state index contributed by atoms with van der Waals surface area (Å²) in [6.07, 6.45) is -1.52. The lowest BCUT2D eigenvalue weighted by Crippen LogP contribution is -2.15. The molecule has 1 rings (SSSR count). The van der Waals surface area contributed by atoms with Crippen LogP contribution in [0.2, 0.25) is 5.02 Å². The largest absolute Gasteiger partial charge is 0.358 e. The van der Waals surface area contributed by atoms with E-state index in [-0.39, 0.29) is 9.92 Å². The molecule has 0 N–H and O–H groups in total. The summed E-state index contributed by atoms with van der Waals surface area (Å²) in [5, 5.41) is 0.0203. The maximum atomic E-state index is 12.5. The summed E-state index contributed by atoms with van der Waals surface area (Å²) < 4.78 is 52.1. The fourth-order valence-electron chi connectivity index (χ4n) is 1.57. The standard InChI is InChI=1S/C13H20ClO6PS/c1-10(2)19-21(15,20-11(3)4)9-18-22(16,17)13-8-6-5-7-12(13)14/h5-8,10-11H,9H2,1-4H3. The molecule has 0 fully saturated rings. The number of hydrogen-bond donors (Lipinski definition) is 0. The minimum absolute atomic E-state index is 0.0203. The summed E-state index contributed by atoms with van der Waals surface area (Å²) >= 11 is 5.84. The lowest BCUT2D eigenvalue weighted by Gasteiger charge is -2.22. The Morgan fingerprint density at radius 3 is 2.05 bits per heavy atom. The van der Waals surface area contributed by atoms with Gasteiger partial charge < -0.3 is 9.05 Å². The Morgan fingerprint density at radius 2 is 1.59 bits per heavy atom. The van der Waals surface area contributed by atoms with Gasteiger partial charge in [0.15, 0.2) is 6.35 Å². The van der Waals surface area contributed by atoms with Crippen molar-refractivity contribution in [3.63, 3.8) is 0 Å². The molecule has 0 radical (unpaired) electrons. The first-order valence-corrected chi connectivity index (χ1v) is 10.2. The molecule has 0 heterocycles. The van der Waals surface area contributed by atoms with Crippen LogP contribution in [-0.4, -0.2) is 27.0 Å². The van der Waals surface area contributed by atoms with Crippen LogP contribution in [0.25, 0.3) is 0 Å². The molecule has 0 aliphatic rings. The number of benzene rings is 1. The number of rotatable bonds is 8. The van der Waals surface area contributed by atoms with Gasteiger partial charge >= 0.3 is 7.60 Å². The van der Waals surface area contributed by atoms with Crippen LogP contribution >= 0.6 is 19.2 Å². The molecular weight excluding hydrogens is 351 g/mol. The Kier molecular flexibility index (Phi) is 7.05. The first kappa shape index (κ1) is 19.6. The van der Waals surface area contributed by atoms with E-state index in [2.05, 4.69) is 0 Å². The summed E-state index contributed by atoms with van der Waals surface area (Å²) in [7, 11) is -7.87. The van der Waals surface area contributed by atoms with Crippen LogP contribution in [0.1, 0.15) is 27.7 Å². The normalized spacial score (nSPS) is 13.0. The van der Waals surface area contributed by atoms with Crippen molar-refractivity contribution >= 4 is 29.3 Å². The summed E-state index contributed by atoms with van der Waals surface area (Å²) in [5.74, 6) is 0. The van der Waals surface area contributed by atoms with Gasteiger partial charge in [-0.25, -0.2) is 0 Å². The van der Waals surface area contributed by atoms with Crippen molar-refractivity contribution in [1.82, 2.24) is 0 Å². The summed E-state index contributed by atoms with van der Waals surface area (Å²) in [5.41, 5.74) is 0. The molecule has 126 valence electrons. The summed E-state index contributed by atoms with van der Waals surface area (Å²) in [4.78, 5) is -0.197. The predicted molar refractivity (Wildman–Crippen MR) is 84.6 cm³/mol. The van der Waals surface area contributed by atoms with Gasteiger partial charge in [0.1, 0.15) is 4.90 Å². The second-order valence-electron chi connectivity index (χ2n) is 5.05. The van der Waals surface area contributed by atoms with Crippen LogP contribution in [-0.2, 0) is 27.9 Å². The average molecular weight is 371 g/mol. The zero-order valence-electron chi connectivity index (χ0n) is 12.9. The molecule has 0 atom stereocenters. The highest BCUT2D eigenvalue weighted by Crippen LogP contribution is 2.51. The first-order chi connectivity index (χ1) is 10.1. The van der Waals surface area contributed by atoms with Gasteiger partial charge in [-0.3, -0.25) is 8.75 Å². The minimum atomic E-state index is -4.16. The van der Waals surface area contributed by atoms with Gasteiger partial charge in [-0.15, -0.1) is 0 Å². The monoisotopic (exact) mass is 370 g/mol. The Morgan fingerprint density at radius 1 is 1.09 bits per heavy atom. The molecule has 0 aliphatic carbocycles. The average Bonchev–Trinajstić information content (AvgIpc) is 2.35. The maximum absolute atomic E-state index is 12.5. The van der Waals surface area contributed by atoms with Crippen molar-refractivity contribution in [3.05, 3.63) is 29.3 Å². The van der Waals surface area contributed by atoms with Crippen LogP contribution in [0.15, 0.2) is 29.2 Å². The molecule has 0 bridgehead atoms. The van der Waals surface area contributed by atoms with Crippen molar-refractivity contribution in [2.24, 2.45) is 0 Å². The minimum Gasteiger partial charge on any atom is -0.304 e. The van der Waals surface area contributed by atoms with E-state index in [1.807, 2.05) is 0 Å². The summed E-state index contributed by atoms with van der Waals surface area (Å²) in [6, 6.07) is 5.83. The molecule has 0 unspecified atom stereocenters. The van der Waals surface area contributed by atoms with E-state index < -0.39 is 36.3 Å². The van der Waals surface area contributed by atoms with Gasteiger partial charge in [-0.2, -0.15) is 8.42 Å². The van der Waals surface area contributed by atoms with Crippen LogP contribution in [0.5, 0.6) is 0 Å². The van der Waals surface area contributed by atoms with Crippen molar-refractivity contribution in [3.8, 4) is 0 Å². The van der Waals surface area contributed by atoms with Gasteiger partial charge in [0, 0.05) is 0 Å². The SMILES string of the molecule is CC(C)OP(=O)(COS(=O)(=O)c1ccccc1Cl)OC(C)C. The third-order valence-corrected chi connectivity index (χ3v) is 6.08. The topological polar surface area (TPSA) is 78.9 Å². The van der Waals surface area contributed by atoms with Gasteiger partial charge in [-0.1, -0.05) is 23.7 Å². The molecule has 0 aromatic heterocycles. The fourth-order valence-corrected chi connectivity index (χ4v) is 5.20. The molecule has 1 aromatic carbocycles. The van der Waals surface area contributed by atoms with E-state index in [0.29, 0.717) is 0 Å². The van der Waals surface area contributed by atoms with Crippen LogP contribution in [0, 0.1) is 0 Å². The molecule has 22 heavy (non-hydrogen) atoms. The van der Waals surface area contributed by atoms with Gasteiger partial charge in [-0.05, 0) is 39.8 Å². The zero-order valence-corrected chi connectivity index (χ0v) is 15.3. The van der Waals surface area contributed by atoms with Crippen molar-refractivity contribution in [2.75, 3.05) is 6.35 Å². The Labute approximate surface area is 136 Å². The van der Waals surface area contributed by atoms with E-state index in [1.165, 1.54) is 18.2 Å². The van der Waals surface area contributed by atoms with Crippen LogP contribution < -0.4 is 0 Å². The Bertz CT molecular complexity index is 630. The molecule has 0 saturated heterocycles. The van der Waals surface area contributed by atoms with Crippen LogP contribution in [0.4, 0.5) is 0 Å². The zero-order chi connectivity index (χ0) is 17.0. The highest BCUT2D eigenvalue weighted by atomic mass is 35.5. The molecule has 6 nitrogen and oxygen atoms in total. The van der Waals surface area contributed by atoms with E-state index in [0.717, 1.165) is 0 Å². The first-order valence-electron chi connectivity index (χ1n) is 6.65. The third-order valence-electron chi connectivity index (χ3n) is 2.21. The molecule has 0 spiro atoms. The fraction of sp³-hybridized carbons (Fsp3) is 0.538. The van der Waals surface area contributed by atoms with Crippen LogP contribution in [0.3, 0.4) is 0 Å². The van der Waals surface area contributed by atoms with Gasteiger partial charge in [0.25, 0.3) is 10.1 Å². The predicted octanol–water partition coefficient (Wildman–Crippen LogP) is 4.05. The Balaban J connectivity index is 2.93. The van der Waals surface area contributed by atoms with E-state index in [1.54, 1.807) is 33.8 Å². The third kappa shape index (κ3) is 5.99.